The van der Waals surface area contributed by atoms with Crippen molar-refractivity contribution < 1.29 is 24.2 Å². The van der Waals surface area contributed by atoms with Gasteiger partial charge < -0.3 is 14.6 Å². The second kappa shape index (κ2) is 9.72. The van der Waals surface area contributed by atoms with Crippen molar-refractivity contribution in [1.29, 1.82) is 0 Å². The molecule has 28 heavy (non-hydrogen) atoms. The van der Waals surface area contributed by atoms with Gasteiger partial charge in [-0.15, -0.1) is 0 Å². The molecule has 0 unspecified atom stereocenters. The molecule has 1 fully saturated rings. The van der Waals surface area contributed by atoms with E-state index in [0.717, 1.165) is 0 Å². The fourth-order valence-electron chi connectivity index (χ4n) is 2.82. The SMILES string of the molecule is Cc1cn([C@H]2C[C@H](N=[N+]=[N-])[C@@H](COC(=O)CCCCC(=O)O)O2)c(=O)[nH]c1=O. The molecule has 2 N–H and O–H groups in total. The number of H-pyrrole nitrogens is 1. The predicted molar refractivity (Wildman–Crippen MR) is 94.6 cm³/mol. The molecule has 12 heteroatoms. The summed E-state index contributed by atoms with van der Waals surface area (Å²) in [5.41, 5.74) is 7.90. The number of unbranched alkanes of at least 4 members (excludes halogenated alkanes) is 1. The highest BCUT2D eigenvalue weighted by atomic mass is 16.6. The molecule has 0 saturated carbocycles. The number of azide groups is 1. The molecule has 1 aliphatic heterocycles. The van der Waals surface area contributed by atoms with Crippen molar-refractivity contribution in [2.45, 2.75) is 57.4 Å². The second-order valence-corrected chi connectivity index (χ2v) is 6.40. The second-order valence-electron chi connectivity index (χ2n) is 6.40. The number of hydrogen-bond donors (Lipinski definition) is 2. The number of carboxylic acids is 1. The zero-order chi connectivity index (χ0) is 20.7. The van der Waals surface area contributed by atoms with Crippen LogP contribution in [0.4, 0.5) is 0 Å². The van der Waals surface area contributed by atoms with Gasteiger partial charge in [-0.05, 0) is 25.3 Å². The fourth-order valence-corrected chi connectivity index (χ4v) is 2.82. The Labute approximate surface area is 158 Å². The first kappa shape index (κ1) is 21.2. The van der Waals surface area contributed by atoms with E-state index in [4.69, 9.17) is 20.1 Å². The van der Waals surface area contributed by atoms with Crippen molar-refractivity contribution in [2.24, 2.45) is 5.11 Å². The molecule has 0 aromatic carbocycles. The summed E-state index contributed by atoms with van der Waals surface area (Å²) in [7, 11) is 0. The van der Waals surface area contributed by atoms with E-state index >= 15 is 0 Å². The van der Waals surface area contributed by atoms with E-state index in [1.165, 1.54) is 17.7 Å². The van der Waals surface area contributed by atoms with Crippen LogP contribution in [0.15, 0.2) is 20.9 Å². The van der Waals surface area contributed by atoms with Gasteiger partial charge in [0.1, 0.15) is 18.9 Å². The molecule has 0 aliphatic carbocycles. The van der Waals surface area contributed by atoms with Crippen LogP contribution in [0.1, 0.15) is 43.9 Å². The highest BCUT2D eigenvalue weighted by molar-refractivity contribution is 5.69. The normalized spacial score (nSPS) is 21.1. The molecule has 0 radical (unpaired) electrons. The molecule has 12 nitrogen and oxygen atoms in total. The summed E-state index contributed by atoms with van der Waals surface area (Å²) < 4.78 is 12.0. The Kier molecular flexibility index (Phi) is 7.36. The molecule has 1 aromatic rings. The fraction of sp³-hybridized carbons (Fsp3) is 0.625. The number of carboxylic acid groups (broad SMARTS) is 1. The Morgan fingerprint density at radius 1 is 1.43 bits per heavy atom. The molecule has 152 valence electrons. The maximum atomic E-state index is 12.0. The molecule has 0 bridgehead atoms. The van der Waals surface area contributed by atoms with Gasteiger partial charge >= 0.3 is 17.6 Å². The summed E-state index contributed by atoms with van der Waals surface area (Å²) in [4.78, 5) is 50.6. The van der Waals surface area contributed by atoms with Crippen molar-refractivity contribution in [3.8, 4) is 0 Å². The molecule has 1 saturated heterocycles. The first-order valence-corrected chi connectivity index (χ1v) is 8.71. The van der Waals surface area contributed by atoms with Crippen molar-refractivity contribution in [1.82, 2.24) is 9.55 Å². The monoisotopic (exact) mass is 395 g/mol. The topological polar surface area (TPSA) is 176 Å². The van der Waals surface area contributed by atoms with Crippen LogP contribution in [0.3, 0.4) is 0 Å². The van der Waals surface area contributed by atoms with E-state index in [0.29, 0.717) is 18.4 Å². The quantitative estimate of drug-likeness (QED) is 0.206. The molecule has 0 amide bonds. The summed E-state index contributed by atoms with van der Waals surface area (Å²) in [5.74, 6) is -1.45. The van der Waals surface area contributed by atoms with Crippen LogP contribution in [0.25, 0.3) is 10.4 Å². The van der Waals surface area contributed by atoms with Gasteiger partial charge in [-0.3, -0.25) is 23.9 Å². The molecule has 0 spiro atoms. The number of aryl methyl sites for hydroxylation is 1. The number of carbonyl (C=O) groups excluding carboxylic acids is 1. The minimum absolute atomic E-state index is 0.0208. The summed E-state index contributed by atoms with van der Waals surface area (Å²) >= 11 is 0. The standard InChI is InChI=1S/C16H21N5O7/c1-9-7-21(16(26)18-15(9)25)12-6-10(19-20-17)11(28-12)8-27-14(24)5-3-2-4-13(22)23/h7,10-12H,2-6,8H2,1H3,(H,22,23)(H,18,25,26)/t10-,11+,12+/m0/s1. The average Bonchev–Trinajstić information content (AvgIpc) is 3.03. The maximum Gasteiger partial charge on any atom is 0.330 e. The molecule has 2 heterocycles. The smallest absolute Gasteiger partial charge is 0.330 e. The number of aromatic amines is 1. The van der Waals surface area contributed by atoms with Gasteiger partial charge in [0.15, 0.2) is 0 Å². The Hall–Kier alpha value is -3.11. The lowest BCUT2D eigenvalue weighted by Crippen LogP contribution is -2.33. The van der Waals surface area contributed by atoms with Crippen LogP contribution in [0.5, 0.6) is 0 Å². The van der Waals surface area contributed by atoms with Crippen LogP contribution in [0, 0.1) is 6.92 Å². The molecule has 3 atom stereocenters. The van der Waals surface area contributed by atoms with Crippen molar-refractivity contribution >= 4 is 11.9 Å². The number of hydrogen-bond acceptors (Lipinski definition) is 7. The van der Waals surface area contributed by atoms with E-state index in [-0.39, 0.29) is 25.9 Å². The van der Waals surface area contributed by atoms with Crippen LogP contribution in [0.2, 0.25) is 0 Å². The zero-order valence-electron chi connectivity index (χ0n) is 15.2. The first-order valence-electron chi connectivity index (χ1n) is 8.71. The van der Waals surface area contributed by atoms with Gasteiger partial charge in [0.2, 0.25) is 0 Å². The molecular formula is C16H21N5O7. The van der Waals surface area contributed by atoms with Gasteiger partial charge in [-0.1, -0.05) is 5.11 Å². The Balaban J connectivity index is 1.96. The lowest BCUT2D eigenvalue weighted by Gasteiger charge is -2.16. The molecule has 1 aromatic heterocycles. The summed E-state index contributed by atoms with van der Waals surface area (Å²) in [6, 6.07) is -0.658. The lowest BCUT2D eigenvalue weighted by molar-refractivity contribution is -0.149. The average molecular weight is 395 g/mol. The number of rotatable bonds is 9. The number of nitrogens with one attached hydrogen (secondary N) is 1. The van der Waals surface area contributed by atoms with E-state index in [2.05, 4.69) is 15.0 Å². The molecule has 1 aliphatic rings. The van der Waals surface area contributed by atoms with E-state index in [1.54, 1.807) is 0 Å². The number of aliphatic carboxylic acids is 1. The van der Waals surface area contributed by atoms with Crippen LogP contribution < -0.4 is 11.2 Å². The third kappa shape index (κ3) is 5.69. The van der Waals surface area contributed by atoms with E-state index in [9.17, 15) is 19.2 Å². The largest absolute Gasteiger partial charge is 0.481 e. The first-order chi connectivity index (χ1) is 13.3. The van der Waals surface area contributed by atoms with Crippen LogP contribution >= 0.6 is 0 Å². The minimum Gasteiger partial charge on any atom is -0.481 e. The summed E-state index contributed by atoms with van der Waals surface area (Å²) in [6.07, 6.45) is 0.793. The van der Waals surface area contributed by atoms with Gasteiger partial charge in [0, 0.05) is 35.9 Å². The van der Waals surface area contributed by atoms with Gasteiger partial charge in [0.05, 0.1) is 6.04 Å². The zero-order valence-corrected chi connectivity index (χ0v) is 15.2. The number of esters is 1. The van der Waals surface area contributed by atoms with Crippen molar-refractivity contribution in [3.63, 3.8) is 0 Å². The lowest BCUT2D eigenvalue weighted by atomic mass is 10.1. The Bertz CT molecular complexity index is 886. The molecular weight excluding hydrogens is 374 g/mol. The van der Waals surface area contributed by atoms with E-state index in [1.807, 2.05) is 0 Å². The number of aromatic nitrogens is 2. The summed E-state index contributed by atoms with van der Waals surface area (Å²) in [5, 5.41) is 12.2. The van der Waals surface area contributed by atoms with Gasteiger partial charge in [-0.2, -0.15) is 0 Å². The highest BCUT2D eigenvalue weighted by Crippen LogP contribution is 2.30. The third-order valence-corrected chi connectivity index (χ3v) is 4.29. The summed E-state index contributed by atoms with van der Waals surface area (Å²) in [6.45, 7) is 1.37. The van der Waals surface area contributed by atoms with Crippen LogP contribution in [-0.4, -0.2) is 45.3 Å². The third-order valence-electron chi connectivity index (χ3n) is 4.29. The number of ether oxygens (including phenoxy) is 2. The molecule has 2 rings (SSSR count). The van der Waals surface area contributed by atoms with Crippen molar-refractivity contribution in [2.75, 3.05) is 6.61 Å². The maximum absolute atomic E-state index is 12.0. The van der Waals surface area contributed by atoms with E-state index < -0.39 is 41.6 Å². The van der Waals surface area contributed by atoms with Crippen LogP contribution in [-0.2, 0) is 19.1 Å². The highest BCUT2D eigenvalue weighted by Gasteiger charge is 2.37. The number of carbonyl (C=O) groups is 2. The van der Waals surface area contributed by atoms with Crippen molar-refractivity contribution in [3.05, 3.63) is 43.0 Å². The minimum atomic E-state index is -0.927. The predicted octanol–water partition coefficient (Wildman–Crippen LogP) is 1.000. The van der Waals surface area contributed by atoms with Gasteiger partial charge in [0.25, 0.3) is 5.56 Å². The van der Waals surface area contributed by atoms with Gasteiger partial charge in [-0.25, -0.2) is 4.79 Å². The number of nitrogens with zero attached hydrogens (tertiary/aromatic N) is 4. The Morgan fingerprint density at radius 2 is 2.14 bits per heavy atom. The Morgan fingerprint density at radius 3 is 2.82 bits per heavy atom.